The third-order valence-corrected chi connectivity index (χ3v) is 7.04. The van der Waals surface area contributed by atoms with Crippen LogP contribution < -0.4 is 4.80 Å². The van der Waals surface area contributed by atoms with Gasteiger partial charge in [0.15, 0.2) is 0 Å². The quantitative estimate of drug-likeness (QED) is 0.654. The minimum absolute atomic E-state index is 0.139. The summed E-state index contributed by atoms with van der Waals surface area (Å²) < 4.78 is 32.2. The van der Waals surface area contributed by atoms with Gasteiger partial charge in [-0.25, -0.2) is 0 Å². The van der Waals surface area contributed by atoms with Gasteiger partial charge in [0.1, 0.15) is 4.21 Å². The number of fused-ring (bicyclic) bond motifs is 1. The van der Waals surface area contributed by atoms with Crippen LogP contribution in [0.2, 0.25) is 4.34 Å². The highest BCUT2D eigenvalue weighted by Gasteiger charge is 2.16. The molecule has 8 heteroatoms. The van der Waals surface area contributed by atoms with Gasteiger partial charge in [0.2, 0.25) is 4.80 Å². The van der Waals surface area contributed by atoms with Gasteiger partial charge in [0.05, 0.1) is 14.6 Å². The largest absolute Gasteiger partial charge is 0.312 e. The van der Waals surface area contributed by atoms with E-state index in [1.807, 2.05) is 28.8 Å². The van der Waals surface area contributed by atoms with Crippen molar-refractivity contribution in [2.45, 2.75) is 10.8 Å². The second-order valence-electron chi connectivity index (χ2n) is 4.38. The van der Waals surface area contributed by atoms with Crippen molar-refractivity contribution in [2.24, 2.45) is 4.40 Å². The lowest BCUT2D eigenvalue weighted by Gasteiger charge is -2.00. The van der Waals surface area contributed by atoms with Crippen molar-refractivity contribution >= 4 is 54.5 Å². The highest BCUT2D eigenvalue weighted by molar-refractivity contribution is 7.92. The predicted molar refractivity (Wildman–Crippen MR) is 92.1 cm³/mol. The summed E-state index contributed by atoms with van der Waals surface area (Å²) in [5.41, 5.74) is 0.936. The van der Waals surface area contributed by atoms with E-state index in [0.717, 1.165) is 21.6 Å². The number of halogens is 1. The normalized spacial score (nSPS) is 12.9. The second-order valence-corrected chi connectivity index (χ2v) is 8.93. The van der Waals surface area contributed by atoms with Crippen LogP contribution in [0.15, 0.2) is 57.7 Å². The van der Waals surface area contributed by atoms with Gasteiger partial charge in [-0.1, -0.05) is 41.1 Å². The molecule has 2 heterocycles. The number of para-hydroxylation sites is 1. The second kappa shape index (κ2) is 6.00. The summed E-state index contributed by atoms with van der Waals surface area (Å²) in [5, 5.41) is 0. The number of thiazole rings is 1. The Balaban J connectivity index is 2.24. The van der Waals surface area contributed by atoms with Crippen LogP contribution in [0.3, 0.4) is 0 Å². The molecular formula is C14H11ClN2O2S3. The molecule has 0 N–H and O–H groups in total. The number of sulfonamides is 1. The first-order chi connectivity index (χ1) is 10.5. The van der Waals surface area contributed by atoms with Gasteiger partial charge in [0.25, 0.3) is 10.0 Å². The Bertz CT molecular complexity index is 1010. The smallest absolute Gasteiger partial charge is 0.294 e. The van der Waals surface area contributed by atoms with E-state index in [0.29, 0.717) is 15.7 Å². The van der Waals surface area contributed by atoms with Gasteiger partial charge >= 0.3 is 0 Å². The van der Waals surface area contributed by atoms with E-state index in [1.165, 1.54) is 17.4 Å². The molecule has 1 aromatic carbocycles. The maximum Gasteiger partial charge on any atom is 0.294 e. The third-order valence-electron chi connectivity index (χ3n) is 2.90. The van der Waals surface area contributed by atoms with Crippen molar-refractivity contribution in [2.75, 3.05) is 0 Å². The lowest BCUT2D eigenvalue weighted by molar-refractivity contribution is 0.598. The van der Waals surface area contributed by atoms with Gasteiger partial charge in [-0.2, -0.15) is 8.42 Å². The Morgan fingerprint density at radius 1 is 1.23 bits per heavy atom. The zero-order chi connectivity index (χ0) is 15.7. The van der Waals surface area contributed by atoms with E-state index < -0.39 is 10.0 Å². The van der Waals surface area contributed by atoms with Crippen LogP contribution in [-0.2, 0) is 16.6 Å². The molecule has 0 aliphatic heterocycles. The van der Waals surface area contributed by atoms with E-state index in [1.54, 1.807) is 12.1 Å². The number of nitrogens with zero attached hydrogens (tertiary/aromatic N) is 2. The Hall–Kier alpha value is -1.41. The lowest BCUT2D eigenvalue weighted by atomic mass is 10.3. The van der Waals surface area contributed by atoms with Crippen LogP contribution in [0.4, 0.5) is 0 Å². The van der Waals surface area contributed by atoms with Gasteiger partial charge in [-0.05, 0) is 24.3 Å². The van der Waals surface area contributed by atoms with Crippen LogP contribution in [0.5, 0.6) is 0 Å². The number of benzene rings is 1. The van der Waals surface area contributed by atoms with Crippen molar-refractivity contribution < 1.29 is 8.42 Å². The fraction of sp³-hybridized carbons (Fsp3) is 0.0714. The average Bonchev–Trinajstić information content (AvgIpc) is 3.05. The fourth-order valence-electron chi connectivity index (χ4n) is 1.98. The third kappa shape index (κ3) is 2.89. The van der Waals surface area contributed by atoms with Crippen LogP contribution in [0.25, 0.3) is 10.2 Å². The standard InChI is InChI=1S/C14H11ClN2O2S3/c1-2-9-17-10-5-3-4-6-11(10)20-14(17)16-22(18,19)13-8-7-12(15)21-13/h2-8H,1,9H2/b16-14-. The van der Waals surface area contributed by atoms with Crippen molar-refractivity contribution in [3.8, 4) is 0 Å². The van der Waals surface area contributed by atoms with E-state index in [-0.39, 0.29) is 4.21 Å². The number of thiophene rings is 1. The molecule has 4 nitrogen and oxygen atoms in total. The number of hydrogen-bond donors (Lipinski definition) is 0. The van der Waals surface area contributed by atoms with Crippen molar-refractivity contribution in [1.82, 2.24) is 4.57 Å². The van der Waals surface area contributed by atoms with E-state index in [9.17, 15) is 8.42 Å². The summed E-state index contributed by atoms with van der Waals surface area (Å²) in [6.07, 6.45) is 1.72. The number of allylic oxidation sites excluding steroid dienone is 1. The highest BCUT2D eigenvalue weighted by atomic mass is 35.5. The van der Waals surface area contributed by atoms with Crippen molar-refractivity contribution in [1.29, 1.82) is 0 Å². The summed E-state index contributed by atoms with van der Waals surface area (Å²) >= 11 is 8.14. The van der Waals surface area contributed by atoms with Gasteiger partial charge in [0, 0.05) is 6.54 Å². The summed E-state index contributed by atoms with van der Waals surface area (Å²) in [7, 11) is -3.77. The predicted octanol–water partition coefficient (Wildman–Crippen LogP) is 3.89. The summed E-state index contributed by atoms with van der Waals surface area (Å²) in [6.45, 7) is 4.21. The molecular weight excluding hydrogens is 360 g/mol. The Morgan fingerprint density at radius 2 is 2.00 bits per heavy atom. The average molecular weight is 371 g/mol. The van der Waals surface area contributed by atoms with Crippen LogP contribution in [-0.4, -0.2) is 13.0 Å². The fourth-order valence-corrected chi connectivity index (χ4v) is 5.68. The van der Waals surface area contributed by atoms with E-state index in [4.69, 9.17) is 11.6 Å². The number of hydrogen-bond acceptors (Lipinski definition) is 4. The van der Waals surface area contributed by atoms with Gasteiger partial charge in [-0.15, -0.1) is 22.3 Å². The monoisotopic (exact) mass is 370 g/mol. The summed E-state index contributed by atoms with van der Waals surface area (Å²) in [5.74, 6) is 0. The number of aromatic nitrogens is 1. The van der Waals surface area contributed by atoms with E-state index >= 15 is 0 Å². The molecule has 3 rings (SSSR count). The molecule has 0 spiro atoms. The molecule has 0 unspecified atom stereocenters. The topological polar surface area (TPSA) is 51.4 Å². The molecule has 0 fully saturated rings. The van der Waals surface area contributed by atoms with Crippen LogP contribution >= 0.6 is 34.3 Å². The SMILES string of the molecule is C=CCn1/c(=N/S(=O)(=O)c2ccc(Cl)s2)sc2ccccc21. The molecule has 0 saturated heterocycles. The summed E-state index contributed by atoms with van der Waals surface area (Å²) in [4.78, 5) is 0.422. The number of rotatable bonds is 4. The summed E-state index contributed by atoms with van der Waals surface area (Å²) in [6, 6.07) is 10.7. The molecule has 114 valence electrons. The van der Waals surface area contributed by atoms with Gasteiger partial charge < -0.3 is 4.57 Å². The van der Waals surface area contributed by atoms with Gasteiger partial charge in [-0.3, -0.25) is 0 Å². The Kier molecular flexibility index (Phi) is 4.22. The highest BCUT2D eigenvalue weighted by Crippen LogP contribution is 2.27. The molecule has 0 aliphatic carbocycles. The molecule has 22 heavy (non-hydrogen) atoms. The molecule has 0 amide bonds. The Labute approximate surface area is 140 Å². The first-order valence-corrected chi connectivity index (χ1v) is 9.72. The molecule has 0 saturated carbocycles. The molecule has 0 aliphatic rings. The first kappa shape index (κ1) is 15.5. The zero-order valence-electron chi connectivity index (χ0n) is 11.3. The Morgan fingerprint density at radius 3 is 2.68 bits per heavy atom. The van der Waals surface area contributed by atoms with Crippen molar-refractivity contribution in [3.63, 3.8) is 0 Å². The minimum atomic E-state index is -3.77. The van der Waals surface area contributed by atoms with Crippen LogP contribution in [0, 0.1) is 0 Å². The van der Waals surface area contributed by atoms with Crippen LogP contribution in [0.1, 0.15) is 0 Å². The lowest BCUT2D eigenvalue weighted by Crippen LogP contribution is -2.16. The zero-order valence-corrected chi connectivity index (χ0v) is 14.5. The maximum absolute atomic E-state index is 12.4. The molecule has 0 bridgehead atoms. The molecule has 2 aromatic heterocycles. The molecule has 3 aromatic rings. The first-order valence-electron chi connectivity index (χ1n) is 6.27. The molecule has 0 radical (unpaired) electrons. The minimum Gasteiger partial charge on any atom is -0.312 e. The maximum atomic E-state index is 12.4. The van der Waals surface area contributed by atoms with Crippen molar-refractivity contribution in [3.05, 3.63) is 58.2 Å². The van der Waals surface area contributed by atoms with E-state index in [2.05, 4.69) is 11.0 Å². The molecule has 0 atom stereocenters.